The molecule has 6 nitrogen and oxygen atoms in total. The van der Waals surface area contributed by atoms with Gasteiger partial charge in [-0.3, -0.25) is 4.90 Å². The Morgan fingerprint density at radius 2 is 2.20 bits per heavy atom. The molecule has 6 heteroatoms. The molecule has 4 heterocycles. The molecule has 0 aliphatic carbocycles. The van der Waals surface area contributed by atoms with Crippen LogP contribution in [0.4, 0.5) is 4.79 Å². The highest BCUT2D eigenvalue weighted by molar-refractivity contribution is 5.74. The number of methoxy groups -OCH3 is 1. The van der Waals surface area contributed by atoms with Gasteiger partial charge in [0.2, 0.25) is 5.88 Å². The predicted octanol–water partition coefficient (Wildman–Crippen LogP) is 2.02. The third-order valence-corrected chi connectivity index (χ3v) is 6.11. The first-order valence-corrected chi connectivity index (χ1v) is 9.43. The highest BCUT2D eigenvalue weighted by Gasteiger charge is 2.48. The number of piperidine rings is 1. The molecule has 0 aromatic carbocycles. The molecule has 3 saturated heterocycles. The minimum Gasteiger partial charge on any atom is -0.481 e. The van der Waals surface area contributed by atoms with Gasteiger partial charge in [-0.1, -0.05) is 12.5 Å². The molecule has 2 amide bonds. The Bertz CT molecular complexity index is 650. The number of ether oxygens (including phenoxy) is 1. The number of nitrogens with zero attached hydrogens (tertiary/aromatic N) is 3. The molecule has 0 unspecified atom stereocenters. The number of carbonyl (C=O) groups is 1. The van der Waals surface area contributed by atoms with Gasteiger partial charge in [-0.15, -0.1) is 0 Å². The Morgan fingerprint density at radius 3 is 3.04 bits per heavy atom. The topological polar surface area (TPSA) is 57.7 Å². The van der Waals surface area contributed by atoms with Crippen LogP contribution in [0.1, 0.15) is 30.5 Å². The van der Waals surface area contributed by atoms with Gasteiger partial charge in [0.15, 0.2) is 0 Å². The minimum absolute atomic E-state index is 0.0411. The summed E-state index contributed by atoms with van der Waals surface area (Å²) in [7, 11) is 1.62. The molecular formula is C19H28N4O2. The monoisotopic (exact) mass is 344 g/mol. The Labute approximate surface area is 149 Å². The first kappa shape index (κ1) is 16.6. The summed E-state index contributed by atoms with van der Waals surface area (Å²) in [5.41, 5.74) is 1.83. The van der Waals surface area contributed by atoms with Crippen molar-refractivity contribution in [2.24, 2.45) is 11.8 Å². The van der Waals surface area contributed by atoms with Gasteiger partial charge in [0.1, 0.15) is 0 Å². The molecule has 25 heavy (non-hydrogen) atoms. The Hall–Kier alpha value is -1.82. The van der Waals surface area contributed by atoms with Crippen molar-refractivity contribution >= 4 is 6.03 Å². The number of carbonyl (C=O) groups excluding carboxylic acids is 1. The van der Waals surface area contributed by atoms with E-state index >= 15 is 0 Å². The summed E-state index contributed by atoms with van der Waals surface area (Å²) < 4.78 is 5.32. The number of hydrogen-bond donors (Lipinski definition) is 1. The van der Waals surface area contributed by atoms with Gasteiger partial charge in [0, 0.05) is 43.5 Å². The van der Waals surface area contributed by atoms with Crippen LogP contribution in [0.15, 0.2) is 12.1 Å². The standard InChI is InChI=1S/C19H28N4O2/c1-13-6-7-14(18(21-13)25-2)9-20-19(24)23-11-15-10-22-8-4-3-5-17(22)16(15)12-23/h6-7,15-17H,3-5,8-12H2,1-2H3,(H,20,24)/t15-,16+,17-/m0/s1. The maximum atomic E-state index is 12.6. The Morgan fingerprint density at radius 1 is 1.32 bits per heavy atom. The molecule has 4 rings (SSSR count). The lowest BCUT2D eigenvalue weighted by atomic mass is 9.90. The van der Waals surface area contributed by atoms with Crippen LogP contribution in [-0.2, 0) is 6.54 Å². The van der Waals surface area contributed by atoms with Crippen molar-refractivity contribution in [1.29, 1.82) is 0 Å². The molecule has 1 N–H and O–H groups in total. The zero-order valence-electron chi connectivity index (χ0n) is 15.2. The van der Waals surface area contributed by atoms with E-state index in [0.29, 0.717) is 30.3 Å². The van der Waals surface area contributed by atoms with E-state index in [2.05, 4.69) is 15.2 Å². The van der Waals surface area contributed by atoms with Gasteiger partial charge < -0.3 is 15.0 Å². The number of nitrogens with one attached hydrogen (secondary N) is 1. The van der Waals surface area contributed by atoms with Gasteiger partial charge in [0.05, 0.1) is 7.11 Å². The molecule has 3 aliphatic rings. The van der Waals surface area contributed by atoms with Crippen LogP contribution in [0.3, 0.4) is 0 Å². The largest absolute Gasteiger partial charge is 0.481 e. The average Bonchev–Trinajstić information content (AvgIpc) is 3.18. The molecule has 136 valence electrons. The van der Waals surface area contributed by atoms with Crippen LogP contribution >= 0.6 is 0 Å². The van der Waals surface area contributed by atoms with Crippen molar-refractivity contribution in [2.45, 2.75) is 38.8 Å². The summed E-state index contributed by atoms with van der Waals surface area (Å²) >= 11 is 0. The average molecular weight is 344 g/mol. The molecule has 0 spiro atoms. The zero-order valence-corrected chi connectivity index (χ0v) is 15.2. The molecule has 1 aromatic rings. The van der Waals surface area contributed by atoms with Crippen molar-refractivity contribution < 1.29 is 9.53 Å². The number of likely N-dealkylation sites (tertiary alicyclic amines) is 1. The van der Waals surface area contributed by atoms with Crippen molar-refractivity contribution in [3.05, 3.63) is 23.4 Å². The first-order valence-electron chi connectivity index (χ1n) is 9.43. The number of fused-ring (bicyclic) bond motifs is 3. The van der Waals surface area contributed by atoms with Gasteiger partial charge in [-0.25, -0.2) is 9.78 Å². The third kappa shape index (κ3) is 3.19. The molecule has 0 saturated carbocycles. The summed E-state index contributed by atoms with van der Waals surface area (Å²) in [6, 6.07) is 4.67. The van der Waals surface area contributed by atoms with Crippen molar-refractivity contribution in [3.63, 3.8) is 0 Å². The summed E-state index contributed by atoms with van der Waals surface area (Å²) in [4.78, 5) is 21.7. The Kier molecular flexibility index (Phi) is 4.54. The van der Waals surface area contributed by atoms with E-state index in [4.69, 9.17) is 4.74 Å². The van der Waals surface area contributed by atoms with E-state index in [9.17, 15) is 4.79 Å². The number of amides is 2. The fourth-order valence-electron chi connectivity index (χ4n) is 4.88. The SMILES string of the molecule is COc1nc(C)ccc1CNC(=O)N1C[C@@H]2CN3CCCC[C@H]3[C@@H]2C1. The van der Waals surface area contributed by atoms with Crippen molar-refractivity contribution in [1.82, 2.24) is 20.1 Å². The summed E-state index contributed by atoms with van der Waals surface area (Å²) in [6.45, 7) is 6.62. The van der Waals surface area contributed by atoms with Crippen LogP contribution in [0.25, 0.3) is 0 Å². The fraction of sp³-hybridized carbons (Fsp3) is 0.684. The van der Waals surface area contributed by atoms with Crippen LogP contribution < -0.4 is 10.1 Å². The number of aromatic nitrogens is 1. The summed E-state index contributed by atoms with van der Waals surface area (Å²) in [6.07, 6.45) is 3.99. The molecule has 3 fully saturated rings. The first-order chi connectivity index (χ1) is 12.2. The number of urea groups is 1. The minimum atomic E-state index is 0.0411. The van der Waals surface area contributed by atoms with Crippen molar-refractivity contribution in [3.8, 4) is 5.88 Å². The second kappa shape index (κ2) is 6.83. The number of pyridine rings is 1. The second-order valence-corrected chi connectivity index (χ2v) is 7.67. The second-order valence-electron chi connectivity index (χ2n) is 7.67. The van der Waals surface area contributed by atoms with E-state index in [1.54, 1.807) is 7.11 Å². The maximum absolute atomic E-state index is 12.6. The van der Waals surface area contributed by atoms with E-state index < -0.39 is 0 Å². The molecule has 0 bridgehead atoms. The van der Waals surface area contributed by atoms with Crippen LogP contribution in [-0.4, -0.2) is 60.1 Å². The van der Waals surface area contributed by atoms with Gasteiger partial charge in [-0.05, 0) is 44.2 Å². The van der Waals surface area contributed by atoms with E-state index in [1.807, 2.05) is 24.0 Å². The fourth-order valence-corrected chi connectivity index (χ4v) is 4.88. The molecule has 3 atom stereocenters. The van der Waals surface area contributed by atoms with Crippen LogP contribution in [0.2, 0.25) is 0 Å². The normalized spacial score (nSPS) is 28.6. The van der Waals surface area contributed by atoms with Gasteiger partial charge in [0.25, 0.3) is 0 Å². The predicted molar refractivity (Wildman–Crippen MR) is 95.5 cm³/mol. The maximum Gasteiger partial charge on any atom is 0.317 e. The lowest BCUT2D eigenvalue weighted by molar-refractivity contribution is 0.154. The number of rotatable bonds is 3. The zero-order chi connectivity index (χ0) is 17.4. The molecular weight excluding hydrogens is 316 g/mol. The quantitative estimate of drug-likeness (QED) is 0.911. The lowest BCUT2D eigenvalue weighted by Gasteiger charge is -2.33. The number of hydrogen-bond acceptors (Lipinski definition) is 4. The van der Waals surface area contributed by atoms with Crippen LogP contribution in [0, 0.1) is 18.8 Å². The smallest absolute Gasteiger partial charge is 0.317 e. The Balaban J connectivity index is 1.34. The molecule has 0 radical (unpaired) electrons. The van der Waals surface area contributed by atoms with E-state index in [1.165, 1.54) is 32.4 Å². The molecule has 3 aliphatic heterocycles. The highest BCUT2D eigenvalue weighted by Crippen LogP contribution is 2.40. The van der Waals surface area contributed by atoms with Gasteiger partial charge in [-0.2, -0.15) is 0 Å². The summed E-state index contributed by atoms with van der Waals surface area (Å²) in [5, 5.41) is 3.05. The molecule has 1 aromatic heterocycles. The van der Waals surface area contributed by atoms with E-state index in [-0.39, 0.29) is 6.03 Å². The highest BCUT2D eigenvalue weighted by atomic mass is 16.5. The third-order valence-electron chi connectivity index (χ3n) is 6.11. The summed E-state index contributed by atoms with van der Waals surface area (Å²) in [5.74, 6) is 1.92. The number of aryl methyl sites for hydroxylation is 1. The van der Waals surface area contributed by atoms with Crippen molar-refractivity contribution in [2.75, 3.05) is 33.3 Å². The van der Waals surface area contributed by atoms with E-state index in [0.717, 1.165) is 24.3 Å². The van der Waals surface area contributed by atoms with Gasteiger partial charge >= 0.3 is 6.03 Å². The lowest BCUT2D eigenvalue weighted by Crippen LogP contribution is -2.43. The van der Waals surface area contributed by atoms with Crippen LogP contribution in [0.5, 0.6) is 5.88 Å².